The van der Waals surface area contributed by atoms with Crippen molar-refractivity contribution >= 4 is 11.8 Å². The molecule has 0 aliphatic carbocycles. The van der Waals surface area contributed by atoms with E-state index >= 15 is 0 Å². The van der Waals surface area contributed by atoms with E-state index in [9.17, 15) is 14.7 Å². The Hall–Kier alpha value is -1.88. The molecule has 0 saturated carbocycles. The lowest BCUT2D eigenvalue weighted by Gasteiger charge is -2.37. The van der Waals surface area contributed by atoms with Gasteiger partial charge in [0, 0.05) is 19.6 Å². The maximum Gasteiger partial charge on any atom is 0.245 e. The summed E-state index contributed by atoms with van der Waals surface area (Å²) in [7, 11) is 0. The van der Waals surface area contributed by atoms with Gasteiger partial charge in [-0.15, -0.1) is 0 Å². The summed E-state index contributed by atoms with van der Waals surface area (Å²) in [4.78, 5) is 29.0. The molecule has 5 heteroatoms. The van der Waals surface area contributed by atoms with Crippen molar-refractivity contribution in [3.8, 4) is 0 Å². The summed E-state index contributed by atoms with van der Waals surface area (Å²) < 4.78 is 0. The van der Waals surface area contributed by atoms with Crippen LogP contribution in [0.3, 0.4) is 0 Å². The Morgan fingerprint density at radius 1 is 1.17 bits per heavy atom. The number of nitrogens with zero attached hydrogens (tertiary/aromatic N) is 2. The van der Waals surface area contributed by atoms with Crippen molar-refractivity contribution < 1.29 is 14.7 Å². The fourth-order valence-corrected chi connectivity index (χ4v) is 3.65. The van der Waals surface area contributed by atoms with Gasteiger partial charge >= 0.3 is 0 Å². The smallest absolute Gasteiger partial charge is 0.245 e. The molecule has 2 amide bonds. The van der Waals surface area contributed by atoms with E-state index in [-0.39, 0.29) is 23.8 Å². The number of piperidine rings is 1. The molecule has 1 aromatic carbocycles. The first-order chi connectivity index (χ1) is 11.6. The number of amides is 2. The van der Waals surface area contributed by atoms with Gasteiger partial charge in [-0.05, 0) is 30.7 Å². The fourth-order valence-electron chi connectivity index (χ4n) is 3.65. The summed E-state index contributed by atoms with van der Waals surface area (Å²) in [5.74, 6) is 0.247. The van der Waals surface area contributed by atoms with Crippen LogP contribution in [0.1, 0.15) is 31.7 Å². The zero-order chi connectivity index (χ0) is 17.1. The second kappa shape index (κ2) is 7.34. The first-order valence-electron chi connectivity index (χ1n) is 8.86. The van der Waals surface area contributed by atoms with Gasteiger partial charge in [-0.25, -0.2) is 0 Å². The summed E-state index contributed by atoms with van der Waals surface area (Å²) in [5.41, 5.74) is 0.975. The van der Waals surface area contributed by atoms with Gasteiger partial charge in [0.2, 0.25) is 11.8 Å². The molecule has 130 valence electrons. The maximum absolute atomic E-state index is 12.8. The largest absolute Gasteiger partial charge is 0.391 e. The minimum absolute atomic E-state index is 0.000128. The second-order valence-electron chi connectivity index (χ2n) is 7.03. The van der Waals surface area contributed by atoms with Crippen LogP contribution in [0.2, 0.25) is 0 Å². The summed E-state index contributed by atoms with van der Waals surface area (Å²) in [5, 5.41) is 10.0. The quantitative estimate of drug-likeness (QED) is 0.912. The fraction of sp³-hybridized carbons (Fsp3) is 0.579. The van der Waals surface area contributed by atoms with Gasteiger partial charge in [-0.1, -0.05) is 37.3 Å². The SMILES string of the molecule is CC1CCN(C(=O)C2CCCN2C(=O)Cc2ccccc2)CC1O. The minimum atomic E-state index is -0.461. The highest BCUT2D eigenvalue weighted by molar-refractivity contribution is 5.89. The molecule has 2 aliphatic heterocycles. The third-order valence-electron chi connectivity index (χ3n) is 5.29. The van der Waals surface area contributed by atoms with Crippen molar-refractivity contribution in [2.45, 2.75) is 44.8 Å². The Balaban J connectivity index is 1.64. The zero-order valence-electron chi connectivity index (χ0n) is 14.2. The van der Waals surface area contributed by atoms with Gasteiger partial charge in [0.25, 0.3) is 0 Å². The second-order valence-corrected chi connectivity index (χ2v) is 7.03. The molecule has 0 aromatic heterocycles. The lowest BCUT2D eigenvalue weighted by molar-refractivity contribution is -0.146. The highest BCUT2D eigenvalue weighted by atomic mass is 16.3. The molecule has 2 saturated heterocycles. The third kappa shape index (κ3) is 3.61. The number of aliphatic hydroxyl groups excluding tert-OH is 1. The molecular formula is C19H26N2O3. The Bertz CT molecular complexity index is 590. The van der Waals surface area contributed by atoms with Crippen molar-refractivity contribution in [1.82, 2.24) is 9.80 Å². The van der Waals surface area contributed by atoms with E-state index < -0.39 is 6.10 Å². The summed E-state index contributed by atoms with van der Waals surface area (Å²) >= 11 is 0. The number of β-amino-alcohol motifs (C(OH)–C–C–N with tert-alkyl or cyclic N) is 1. The Kier molecular flexibility index (Phi) is 5.19. The number of hydrogen-bond acceptors (Lipinski definition) is 3. The van der Waals surface area contributed by atoms with Gasteiger partial charge in [-0.3, -0.25) is 9.59 Å². The molecule has 3 rings (SSSR count). The summed E-state index contributed by atoms with van der Waals surface area (Å²) in [6, 6.07) is 9.29. The van der Waals surface area contributed by atoms with E-state index in [0.29, 0.717) is 26.1 Å². The molecule has 24 heavy (non-hydrogen) atoms. The average Bonchev–Trinajstić information content (AvgIpc) is 3.07. The van der Waals surface area contributed by atoms with Crippen molar-refractivity contribution in [3.05, 3.63) is 35.9 Å². The minimum Gasteiger partial charge on any atom is -0.391 e. The molecule has 2 heterocycles. The molecule has 2 fully saturated rings. The molecule has 3 atom stereocenters. The topological polar surface area (TPSA) is 60.9 Å². The van der Waals surface area contributed by atoms with E-state index in [1.165, 1.54) is 0 Å². The molecule has 2 aliphatic rings. The number of carbonyl (C=O) groups excluding carboxylic acids is 2. The van der Waals surface area contributed by atoms with Crippen molar-refractivity contribution in [2.75, 3.05) is 19.6 Å². The number of likely N-dealkylation sites (tertiary alicyclic amines) is 2. The predicted octanol–water partition coefficient (Wildman–Crippen LogP) is 1.45. The van der Waals surface area contributed by atoms with Gasteiger partial charge in [0.05, 0.1) is 12.5 Å². The lowest BCUT2D eigenvalue weighted by atomic mass is 9.95. The molecule has 0 spiro atoms. The highest BCUT2D eigenvalue weighted by Gasteiger charge is 2.38. The van der Waals surface area contributed by atoms with Crippen LogP contribution in [0.4, 0.5) is 0 Å². The van der Waals surface area contributed by atoms with E-state index in [4.69, 9.17) is 0 Å². The normalized spacial score (nSPS) is 27.3. The Morgan fingerprint density at radius 2 is 1.92 bits per heavy atom. The van der Waals surface area contributed by atoms with Crippen LogP contribution in [-0.2, 0) is 16.0 Å². The summed E-state index contributed by atoms with van der Waals surface area (Å²) in [6.07, 6.45) is 2.28. The Labute approximate surface area is 143 Å². The molecular weight excluding hydrogens is 304 g/mol. The number of aliphatic hydroxyl groups is 1. The third-order valence-corrected chi connectivity index (χ3v) is 5.29. The summed E-state index contributed by atoms with van der Waals surface area (Å²) in [6.45, 7) is 3.72. The van der Waals surface area contributed by atoms with Crippen LogP contribution >= 0.6 is 0 Å². The monoisotopic (exact) mass is 330 g/mol. The molecule has 1 N–H and O–H groups in total. The van der Waals surface area contributed by atoms with Gasteiger partial charge in [0.15, 0.2) is 0 Å². The predicted molar refractivity (Wildman–Crippen MR) is 91.2 cm³/mol. The van der Waals surface area contributed by atoms with Crippen LogP contribution in [-0.4, -0.2) is 58.5 Å². The van der Waals surface area contributed by atoms with E-state index in [1.54, 1.807) is 9.80 Å². The van der Waals surface area contributed by atoms with Crippen LogP contribution in [0, 0.1) is 5.92 Å². The van der Waals surface area contributed by atoms with Crippen LogP contribution in [0.25, 0.3) is 0 Å². The lowest BCUT2D eigenvalue weighted by Crippen LogP contribution is -2.53. The van der Waals surface area contributed by atoms with Gasteiger partial charge < -0.3 is 14.9 Å². The average molecular weight is 330 g/mol. The van der Waals surface area contributed by atoms with Crippen molar-refractivity contribution in [3.63, 3.8) is 0 Å². The van der Waals surface area contributed by atoms with Crippen LogP contribution in [0.5, 0.6) is 0 Å². The zero-order valence-corrected chi connectivity index (χ0v) is 14.2. The number of carbonyl (C=O) groups is 2. The van der Waals surface area contributed by atoms with E-state index in [1.807, 2.05) is 37.3 Å². The molecule has 0 radical (unpaired) electrons. The first kappa shape index (κ1) is 17.0. The number of hydrogen-bond donors (Lipinski definition) is 1. The molecule has 1 aromatic rings. The van der Waals surface area contributed by atoms with Crippen LogP contribution < -0.4 is 0 Å². The van der Waals surface area contributed by atoms with Crippen molar-refractivity contribution in [1.29, 1.82) is 0 Å². The number of benzene rings is 1. The standard InChI is InChI=1S/C19H26N2O3/c1-14-9-11-20(13-17(14)22)19(24)16-8-5-10-21(16)18(23)12-15-6-3-2-4-7-15/h2-4,6-7,14,16-17,22H,5,8-13H2,1H3. The van der Waals surface area contributed by atoms with Gasteiger partial charge in [0.1, 0.15) is 6.04 Å². The van der Waals surface area contributed by atoms with Crippen molar-refractivity contribution in [2.24, 2.45) is 5.92 Å². The first-order valence-corrected chi connectivity index (χ1v) is 8.86. The van der Waals surface area contributed by atoms with Crippen LogP contribution in [0.15, 0.2) is 30.3 Å². The molecule has 5 nitrogen and oxygen atoms in total. The van der Waals surface area contributed by atoms with E-state index in [0.717, 1.165) is 24.8 Å². The molecule has 3 unspecified atom stereocenters. The maximum atomic E-state index is 12.8. The van der Waals surface area contributed by atoms with E-state index in [2.05, 4.69) is 0 Å². The molecule has 0 bridgehead atoms. The Morgan fingerprint density at radius 3 is 2.62 bits per heavy atom. The number of rotatable bonds is 3. The highest BCUT2D eigenvalue weighted by Crippen LogP contribution is 2.24. The van der Waals surface area contributed by atoms with Gasteiger partial charge in [-0.2, -0.15) is 0 Å².